The van der Waals surface area contributed by atoms with E-state index in [1.165, 1.54) is 16.0 Å². The number of hydrogen-bond acceptors (Lipinski definition) is 4. The maximum Gasteiger partial charge on any atom is 0.276 e. The highest BCUT2D eigenvalue weighted by Gasteiger charge is 2.15. The molecule has 2 amide bonds. The first-order chi connectivity index (χ1) is 11.5. The van der Waals surface area contributed by atoms with Gasteiger partial charge in [0.05, 0.1) is 4.88 Å². The van der Waals surface area contributed by atoms with Gasteiger partial charge in [0.15, 0.2) is 5.69 Å². The minimum atomic E-state index is -0.343. The van der Waals surface area contributed by atoms with Gasteiger partial charge in [-0.2, -0.15) is 5.10 Å². The number of halogens is 1. The molecule has 0 atom stereocenters. The van der Waals surface area contributed by atoms with Gasteiger partial charge in [0.25, 0.3) is 11.8 Å². The molecule has 122 valence electrons. The second kappa shape index (κ2) is 6.98. The van der Waals surface area contributed by atoms with E-state index >= 15 is 0 Å². The molecule has 0 fully saturated rings. The fourth-order valence-electron chi connectivity index (χ4n) is 2.01. The van der Waals surface area contributed by atoms with Crippen molar-refractivity contribution in [2.45, 2.75) is 0 Å². The number of nitrogens with one attached hydrogen (secondary N) is 2. The summed E-state index contributed by atoms with van der Waals surface area (Å²) in [5.41, 5.74) is 0.889. The van der Waals surface area contributed by atoms with Crippen molar-refractivity contribution in [1.29, 1.82) is 0 Å². The quantitative estimate of drug-likeness (QED) is 0.694. The normalized spacial score (nSPS) is 10.4. The van der Waals surface area contributed by atoms with E-state index in [1.807, 2.05) is 17.5 Å². The average Bonchev–Trinajstić information content (AvgIpc) is 3.20. The summed E-state index contributed by atoms with van der Waals surface area (Å²) in [6.45, 7) is 0. The molecule has 1 aromatic carbocycles. The summed E-state index contributed by atoms with van der Waals surface area (Å²) in [6, 6.07) is 12.3. The van der Waals surface area contributed by atoms with Gasteiger partial charge in [-0.25, -0.2) is 0 Å². The maximum absolute atomic E-state index is 12.3. The Kier molecular flexibility index (Phi) is 4.77. The van der Waals surface area contributed by atoms with Gasteiger partial charge in [0.1, 0.15) is 5.82 Å². The SMILES string of the molecule is Cn1nc(C(=O)Nc2ccc(Br)cc2)cc1NC(=O)c1cccs1. The largest absolute Gasteiger partial charge is 0.321 e. The Morgan fingerprint density at radius 3 is 2.54 bits per heavy atom. The van der Waals surface area contributed by atoms with Crippen molar-refractivity contribution in [2.24, 2.45) is 7.05 Å². The molecule has 8 heteroatoms. The zero-order chi connectivity index (χ0) is 17.1. The molecular formula is C16H13BrN4O2S. The number of benzene rings is 1. The Morgan fingerprint density at radius 1 is 1.12 bits per heavy atom. The second-order valence-electron chi connectivity index (χ2n) is 4.93. The van der Waals surface area contributed by atoms with E-state index in [-0.39, 0.29) is 17.5 Å². The molecule has 2 N–H and O–H groups in total. The third kappa shape index (κ3) is 3.72. The summed E-state index contributed by atoms with van der Waals surface area (Å²) in [6.07, 6.45) is 0. The van der Waals surface area contributed by atoms with Crippen LogP contribution in [0.3, 0.4) is 0 Å². The molecule has 0 radical (unpaired) electrons. The lowest BCUT2D eigenvalue weighted by Gasteiger charge is -2.02. The molecule has 0 saturated carbocycles. The van der Waals surface area contributed by atoms with Gasteiger partial charge in [0, 0.05) is 23.3 Å². The van der Waals surface area contributed by atoms with Crippen LogP contribution in [0.15, 0.2) is 52.3 Å². The van der Waals surface area contributed by atoms with Crippen LogP contribution >= 0.6 is 27.3 Å². The predicted molar refractivity (Wildman–Crippen MR) is 97.6 cm³/mol. The van der Waals surface area contributed by atoms with Crippen LogP contribution in [0.5, 0.6) is 0 Å². The van der Waals surface area contributed by atoms with Crippen molar-refractivity contribution in [3.8, 4) is 0 Å². The molecule has 0 spiro atoms. The number of hydrogen-bond donors (Lipinski definition) is 2. The molecule has 3 rings (SSSR count). The monoisotopic (exact) mass is 404 g/mol. The molecule has 0 aliphatic carbocycles. The number of aryl methyl sites for hydroxylation is 1. The highest BCUT2D eigenvalue weighted by molar-refractivity contribution is 9.10. The molecule has 24 heavy (non-hydrogen) atoms. The molecule has 2 heterocycles. The topological polar surface area (TPSA) is 76.0 Å². The number of amides is 2. The first-order valence-electron chi connectivity index (χ1n) is 6.99. The molecule has 6 nitrogen and oxygen atoms in total. The van der Waals surface area contributed by atoms with Crippen LogP contribution in [-0.4, -0.2) is 21.6 Å². The van der Waals surface area contributed by atoms with Gasteiger partial charge in [-0.05, 0) is 35.7 Å². The third-order valence-electron chi connectivity index (χ3n) is 3.20. The Morgan fingerprint density at radius 2 is 1.88 bits per heavy atom. The molecule has 3 aromatic rings. The Labute approximate surface area is 150 Å². The highest BCUT2D eigenvalue weighted by atomic mass is 79.9. The lowest BCUT2D eigenvalue weighted by Crippen LogP contribution is -2.13. The third-order valence-corrected chi connectivity index (χ3v) is 4.60. The van der Waals surface area contributed by atoms with Crippen LogP contribution in [0.2, 0.25) is 0 Å². The van der Waals surface area contributed by atoms with E-state index in [0.717, 1.165) is 4.47 Å². The predicted octanol–water partition coefficient (Wildman–Crippen LogP) is 3.75. The smallest absolute Gasteiger partial charge is 0.276 e. The van der Waals surface area contributed by atoms with E-state index in [1.54, 1.807) is 37.4 Å². The van der Waals surface area contributed by atoms with Crippen molar-refractivity contribution in [2.75, 3.05) is 10.6 Å². The summed E-state index contributed by atoms with van der Waals surface area (Å²) >= 11 is 4.69. The summed E-state index contributed by atoms with van der Waals surface area (Å²) in [4.78, 5) is 24.9. The minimum absolute atomic E-state index is 0.224. The molecule has 2 aromatic heterocycles. The van der Waals surface area contributed by atoms with Gasteiger partial charge in [-0.15, -0.1) is 11.3 Å². The van der Waals surface area contributed by atoms with Gasteiger partial charge < -0.3 is 10.6 Å². The van der Waals surface area contributed by atoms with Crippen molar-refractivity contribution in [3.63, 3.8) is 0 Å². The number of rotatable bonds is 4. The van der Waals surface area contributed by atoms with Crippen LogP contribution in [0.4, 0.5) is 11.5 Å². The van der Waals surface area contributed by atoms with E-state index in [4.69, 9.17) is 0 Å². The fourth-order valence-corrected chi connectivity index (χ4v) is 2.89. The summed E-state index contributed by atoms with van der Waals surface area (Å²) < 4.78 is 2.39. The summed E-state index contributed by atoms with van der Waals surface area (Å²) in [7, 11) is 1.67. The van der Waals surface area contributed by atoms with E-state index in [0.29, 0.717) is 16.4 Å². The van der Waals surface area contributed by atoms with E-state index < -0.39 is 0 Å². The highest BCUT2D eigenvalue weighted by Crippen LogP contribution is 2.17. The Balaban J connectivity index is 1.72. The summed E-state index contributed by atoms with van der Waals surface area (Å²) in [5, 5.41) is 11.5. The van der Waals surface area contributed by atoms with E-state index in [2.05, 4.69) is 31.7 Å². The lowest BCUT2D eigenvalue weighted by atomic mass is 10.3. The van der Waals surface area contributed by atoms with Gasteiger partial charge in [-0.1, -0.05) is 22.0 Å². The van der Waals surface area contributed by atoms with Gasteiger partial charge >= 0.3 is 0 Å². The van der Waals surface area contributed by atoms with E-state index in [9.17, 15) is 9.59 Å². The Hall–Kier alpha value is -2.45. The molecule has 0 saturated heterocycles. The molecule has 0 aliphatic heterocycles. The van der Waals surface area contributed by atoms with Gasteiger partial charge in [-0.3, -0.25) is 14.3 Å². The number of carbonyl (C=O) groups excluding carboxylic acids is 2. The van der Waals surface area contributed by atoms with Crippen LogP contribution in [0, 0.1) is 0 Å². The van der Waals surface area contributed by atoms with Crippen molar-refractivity contribution < 1.29 is 9.59 Å². The number of thiophene rings is 1. The van der Waals surface area contributed by atoms with Crippen LogP contribution < -0.4 is 10.6 Å². The average molecular weight is 405 g/mol. The minimum Gasteiger partial charge on any atom is -0.321 e. The molecule has 0 unspecified atom stereocenters. The Bertz CT molecular complexity index is 872. The van der Waals surface area contributed by atoms with Crippen molar-refractivity contribution >= 4 is 50.6 Å². The van der Waals surface area contributed by atoms with Crippen molar-refractivity contribution in [3.05, 3.63) is 62.9 Å². The lowest BCUT2D eigenvalue weighted by molar-refractivity contribution is 0.101. The van der Waals surface area contributed by atoms with Gasteiger partial charge in [0.2, 0.25) is 0 Å². The standard InChI is InChI=1S/C16H13BrN4O2S/c1-21-14(19-16(23)13-3-2-8-24-13)9-12(20-21)15(22)18-11-6-4-10(17)5-7-11/h2-9H,1H3,(H,18,22)(H,19,23). The van der Waals surface area contributed by atoms with Crippen LogP contribution in [0.1, 0.15) is 20.2 Å². The number of nitrogens with zero attached hydrogens (tertiary/aromatic N) is 2. The van der Waals surface area contributed by atoms with Crippen LogP contribution in [-0.2, 0) is 7.05 Å². The van der Waals surface area contributed by atoms with Crippen LogP contribution in [0.25, 0.3) is 0 Å². The zero-order valence-corrected chi connectivity index (χ0v) is 15.0. The number of anilines is 2. The first kappa shape index (κ1) is 16.4. The first-order valence-corrected chi connectivity index (χ1v) is 8.66. The zero-order valence-electron chi connectivity index (χ0n) is 12.6. The number of aromatic nitrogens is 2. The second-order valence-corrected chi connectivity index (χ2v) is 6.79. The molecule has 0 aliphatic rings. The maximum atomic E-state index is 12.3. The molecule has 0 bridgehead atoms. The molecular weight excluding hydrogens is 392 g/mol. The van der Waals surface area contributed by atoms with Crippen molar-refractivity contribution in [1.82, 2.24) is 9.78 Å². The number of carbonyl (C=O) groups is 2. The fraction of sp³-hybridized carbons (Fsp3) is 0.0625. The summed E-state index contributed by atoms with van der Waals surface area (Å²) in [5.74, 6) is -0.119.